The van der Waals surface area contributed by atoms with E-state index in [1.54, 1.807) is 18.2 Å². The number of fused-ring (bicyclic) bond motifs is 2. The monoisotopic (exact) mass is 405 g/mol. The van der Waals surface area contributed by atoms with Crippen LogP contribution in [0.1, 0.15) is 57.9 Å². The fraction of sp³-hybridized carbons (Fsp3) is 0.667. The Kier molecular flexibility index (Phi) is 4.18. The number of carbonyl (C=O) groups excluding carboxylic acids is 1. The Morgan fingerprint density at radius 3 is 2.68 bits per heavy atom. The molecule has 3 aliphatic rings. The van der Waals surface area contributed by atoms with E-state index in [0.717, 1.165) is 23.8 Å². The van der Waals surface area contributed by atoms with Crippen molar-refractivity contribution in [1.29, 1.82) is 0 Å². The summed E-state index contributed by atoms with van der Waals surface area (Å²) in [6, 6.07) is 7.36. The summed E-state index contributed by atoms with van der Waals surface area (Å²) in [7, 11) is 0. The van der Waals surface area contributed by atoms with Gasteiger partial charge in [0, 0.05) is 10.4 Å². The van der Waals surface area contributed by atoms with Gasteiger partial charge in [0.2, 0.25) is 5.91 Å². The number of phenols is 1. The first-order chi connectivity index (χ1) is 11.8. The highest BCUT2D eigenvalue weighted by atomic mass is 79.9. The lowest BCUT2D eigenvalue weighted by atomic mass is 9.76. The predicted octanol–water partition coefficient (Wildman–Crippen LogP) is 4.52. The molecule has 0 aliphatic heterocycles. The van der Waals surface area contributed by atoms with Crippen LogP contribution in [0.2, 0.25) is 0 Å². The maximum absolute atomic E-state index is 13.1. The molecule has 1 aromatic rings. The van der Waals surface area contributed by atoms with Gasteiger partial charge in [-0.25, -0.2) is 0 Å². The van der Waals surface area contributed by atoms with Gasteiger partial charge in [0.05, 0.1) is 5.41 Å². The van der Waals surface area contributed by atoms with Gasteiger partial charge in [-0.05, 0) is 87.8 Å². The summed E-state index contributed by atoms with van der Waals surface area (Å²) in [5.41, 5.74) is 0.216. The SMILES string of the molecule is CC(C)(C(=O)N[C@@H]1CCC2C[C@@]3(Br)CC2CC1C3)c1cccc(O)c1. The normalized spacial score (nSPS) is 36.9. The number of hydrogen-bond acceptors (Lipinski definition) is 2. The van der Waals surface area contributed by atoms with E-state index in [9.17, 15) is 9.90 Å². The quantitative estimate of drug-likeness (QED) is 0.726. The van der Waals surface area contributed by atoms with Crippen molar-refractivity contribution in [2.45, 2.75) is 68.2 Å². The molecule has 5 atom stereocenters. The van der Waals surface area contributed by atoms with Crippen molar-refractivity contribution in [2.24, 2.45) is 17.8 Å². The fourth-order valence-electron chi connectivity index (χ4n) is 5.58. The van der Waals surface area contributed by atoms with Crippen LogP contribution in [0.15, 0.2) is 24.3 Å². The van der Waals surface area contributed by atoms with Gasteiger partial charge in [-0.1, -0.05) is 28.1 Å². The van der Waals surface area contributed by atoms with Crippen molar-refractivity contribution >= 4 is 21.8 Å². The first-order valence-electron chi connectivity index (χ1n) is 9.56. The van der Waals surface area contributed by atoms with Crippen molar-refractivity contribution in [1.82, 2.24) is 5.32 Å². The van der Waals surface area contributed by atoms with Crippen LogP contribution in [0.4, 0.5) is 0 Å². The van der Waals surface area contributed by atoms with Gasteiger partial charge >= 0.3 is 0 Å². The van der Waals surface area contributed by atoms with Crippen LogP contribution >= 0.6 is 15.9 Å². The minimum absolute atomic E-state index is 0.0735. The highest BCUT2D eigenvalue weighted by Crippen LogP contribution is 2.59. The largest absolute Gasteiger partial charge is 0.508 e. The summed E-state index contributed by atoms with van der Waals surface area (Å²) < 4.78 is 0.329. The minimum Gasteiger partial charge on any atom is -0.508 e. The van der Waals surface area contributed by atoms with Crippen LogP contribution in [-0.4, -0.2) is 21.4 Å². The molecule has 1 amide bonds. The van der Waals surface area contributed by atoms with Crippen LogP contribution in [0, 0.1) is 17.8 Å². The zero-order valence-electron chi connectivity index (χ0n) is 15.1. The molecule has 3 nitrogen and oxygen atoms in total. The molecule has 3 saturated carbocycles. The van der Waals surface area contributed by atoms with Crippen LogP contribution in [0.3, 0.4) is 0 Å². The van der Waals surface area contributed by atoms with Crippen LogP contribution in [-0.2, 0) is 10.2 Å². The minimum atomic E-state index is -0.645. The highest BCUT2D eigenvalue weighted by Gasteiger charge is 2.52. The van der Waals surface area contributed by atoms with Crippen molar-refractivity contribution in [3.63, 3.8) is 0 Å². The van der Waals surface area contributed by atoms with Gasteiger partial charge in [0.15, 0.2) is 0 Å². The van der Waals surface area contributed by atoms with E-state index in [4.69, 9.17) is 0 Å². The predicted molar refractivity (Wildman–Crippen MR) is 103 cm³/mol. The Morgan fingerprint density at radius 1 is 1.20 bits per heavy atom. The lowest BCUT2D eigenvalue weighted by Gasteiger charge is -2.39. The molecule has 3 aliphatic carbocycles. The van der Waals surface area contributed by atoms with Gasteiger partial charge in [-0.15, -0.1) is 0 Å². The second-order valence-corrected chi connectivity index (χ2v) is 10.8. The summed E-state index contributed by atoms with van der Waals surface area (Å²) >= 11 is 4.03. The standard InChI is InChI=1S/C21H28BrNO2/c1-20(2,16-4-3-5-17(24)9-16)19(25)23-18-7-6-13-10-21(22)11-14(13)8-15(18)12-21/h3-5,9,13-15,18,24H,6-8,10-12H2,1-2H3,(H,23,25)/t13?,14?,15?,18-,21-/m1/s1. The Hall–Kier alpha value is -1.03. The van der Waals surface area contributed by atoms with Crippen molar-refractivity contribution < 1.29 is 9.90 Å². The van der Waals surface area contributed by atoms with Crippen molar-refractivity contribution in [2.75, 3.05) is 0 Å². The third-order valence-corrected chi connectivity index (χ3v) is 8.00. The molecule has 0 spiro atoms. The van der Waals surface area contributed by atoms with Gasteiger partial charge < -0.3 is 10.4 Å². The number of amides is 1. The first kappa shape index (κ1) is 17.4. The van der Waals surface area contributed by atoms with Crippen LogP contribution in [0.25, 0.3) is 0 Å². The number of phenolic OH excluding ortho intramolecular Hbond substituents is 1. The van der Waals surface area contributed by atoms with E-state index in [2.05, 4.69) is 21.2 Å². The molecule has 3 unspecified atom stereocenters. The van der Waals surface area contributed by atoms with Crippen molar-refractivity contribution in [3.05, 3.63) is 29.8 Å². The summed E-state index contributed by atoms with van der Waals surface area (Å²) in [6.07, 6.45) is 7.46. The van der Waals surface area contributed by atoms with E-state index in [1.165, 1.54) is 32.1 Å². The maximum Gasteiger partial charge on any atom is 0.230 e. The van der Waals surface area contributed by atoms with E-state index < -0.39 is 5.41 Å². The van der Waals surface area contributed by atoms with E-state index in [1.807, 2.05) is 19.9 Å². The Morgan fingerprint density at radius 2 is 1.92 bits per heavy atom. The van der Waals surface area contributed by atoms with Gasteiger partial charge in [-0.2, -0.15) is 0 Å². The number of hydrogen-bond donors (Lipinski definition) is 2. The lowest BCUT2D eigenvalue weighted by molar-refractivity contribution is -0.127. The summed E-state index contributed by atoms with van der Waals surface area (Å²) in [5.74, 6) is 2.56. The smallest absolute Gasteiger partial charge is 0.230 e. The first-order valence-corrected chi connectivity index (χ1v) is 10.4. The average Bonchev–Trinajstić information content (AvgIpc) is 2.71. The van der Waals surface area contributed by atoms with Gasteiger partial charge in [0.1, 0.15) is 5.75 Å². The van der Waals surface area contributed by atoms with E-state index >= 15 is 0 Å². The number of rotatable bonds is 3. The lowest BCUT2D eigenvalue weighted by Crippen LogP contribution is -2.49. The summed E-state index contributed by atoms with van der Waals surface area (Å²) in [4.78, 5) is 13.1. The van der Waals surface area contributed by atoms with E-state index in [-0.39, 0.29) is 17.7 Å². The Balaban J connectivity index is 1.51. The molecule has 4 heteroatoms. The third-order valence-electron chi connectivity index (χ3n) is 7.03. The van der Waals surface area contributed by atoms with Gasteiger partial charge in [0.25, 0.3) is 0 Å². The number of aromatic hydroxyl groups is 1. The molecule has 136 valence electrons. The molecule has 1 aromatic carbocycles. The Bertz CT molecular complexity index is 688. The zero-order chi connectivity index (χ0) is 17.8. The molecule has 3 bridgehead atoms. The second kappa shape index (κ2) is 6.00. The number of nitrogens with one attached hydrogen (secondary N) is 1. The molecule has 0 aromatic heterocycles. The molecule has 2 N–H and O–H groups in total. The molecule has 0 radical (unpaired) electrons. The molecular weight excluding hydrogens is 378 g/mol. The molecule has 0 saturated heterocycles. The molecular formula is C21H28BrNO2. The van der Waals surface area contributed by atoms with E-state index in [0.29, 0.717) is 10.2 Å². The molecule has 3 fully saturated rings. The number of alkyl halides is 1. The average molecular weight is 406 g/mol. The molecule has 4 rings (SSSR count). The van der Waals surface area contributed by atoms with Crippen LogP contribution < -0.4 is 5.32 Å². The summed E-state index contributed by atoms with van der Waals surface area (Å²) in [6.45, 7) is 3.89. The maximum atomic E-state index is 13.1. The topological polar surface area (TPSA) is 49.3 Å². The van der Waals surface area contributed by atoms with Gasteiger partial charge in [-0.3, -0.25) is 4.79 Å². The summed E-state index contributed by atoms with van der Waals surface area (Å²) in [5, 5.41) is 13.1. The van der Waals surface area contributed by atoms with Crippen molar-refractivity contribution in [3.8, 4) is 5.75 Å². The van der Waals surface area contributed by atoms with Crippen LogP contribution in [0.5, 0.6) is 5.75 Å². The molecule has 25 heavy (non-hydrogen) atoms. The fourth-order valence-corrected chi connectivity index (χ4v) is 6.83. The highest BCUT2D eigenvalue weighted by molar-refractivity contribution is 9.10. The number of halogens is 1. The molecule has 0 heterocycles. The second-order valence-electron chi connectivity index (χ2n) is 9.11. The number of benzene rings is 1. The third kappa shape index (κ3) is 3.11. The number of carbonyl (C=O) groups is 1. The zero-order valence-corrected chi connectivity index (χ0v) is 16.7. The Labute approximate surface area is 158 Å².